The van der Waals surface area contributed by atoms with Crippen LogP contribution in [0.25, 0.3) is 11.4 Å². The molecule has 26 heavy (non-hydrogen) atoms. The molecule has 1 atom stereocenters. The summed E-state index contributed by atoms with van der Waals surface area (Å²) in [5, 5.41) is 2.90. The Morgan fingerprint density at radius 1 is 1.19 bits per heavy atom. The lowest BCUT2D eigenvalue weighted by Crippen LogP contribution is -2.32. The summed E-state index contributed by atoms with van der Waals surface area (Å²) in [6.45, 7) is 1.76. The van der Waals surface area contributed by atoms with Crippen LogP contribution in [0.15, 0.2) is 48.5 Å². The lowest BCUT2D eigenvalue weighted by Gasteiger charge is -2.16. The summed E-state index contributed by atoms with van der Waals surface area (Å²) in [6, 6.07) is 11.6. The standard InChI is InChI=1S/C18H15F2N3O2S/c1-2-14(25-15-6-4-3-5-13(15)20)17(24)22-18-21-16(23-26-18)11-7-9-12(19)10-8-11/h3-10,14H,2H2,1H3,(H,21,22,23,24)/t14-/m0/s1. The summed E-state index contributed by atoms with van der Waals surface area (Å²) in [5.74, 6) is -0.938. The van der Waals surface area contributed by atoms with Crippen molar-refractivity contribution >= 4 is 22.6 Å². The predicted octanol–water partition coefficient (Wildman–Crippen LogP) is 4.28. The molecule has 0 aliphatic rings. The lowest BCUT2D eigenvalue weighted by molar-refractivity contribution is -0.122. The number of hydrogen-bond acceptors (Lipinski definition) is 5. The van der Waals surface area contributed by atoms with E-state index < -0.39 is 17.8 Å². The molecule has 1 aromatic heterocycles. The third kappa shape index (κ3) is 4.20. The highest BCUT2D eigenvalue weighted by atomic mass is 32.1. The number of carbonyl (C=O) groups is 1. The molecule has 3 rings (SSSR count). The number of carbonyl (C=O) groups excluding carboxylic acids is 1. The van der Waals surface area contributed by atoms with Gasteiger partial charge in [-0.05, 0) is 42.8 Å². The number of ether oxygens (including phenoxy) is 1. The van der Waals surface area contributed by atoms with Gasteiger partial charge in [0.05, 0.1) is 0 Å². The second kappa shape index (κ2) is 8.01. The number of anilines is 1. The summed E-state index contributed by atoms with van der Waals surface area (Å²) in [6.07, 6.45) is -0.519. The number of amides is 1. The molecule has 1 N–H and O–H groups in total. The second-order valence-corrected chi connectivity index (χ2v) is 6.12. The minimum atomic E-state index is -0.870. The Morgan fingerprint density at radius 2 is 1.92 bits per heavy atom. The van der Waals surface area contributed by atoms with Crippen LogP contribution in [0.1, 0.15) is 13.3 Å². The summed E-state index contributed by atoms with van der Waals surface area (Å²) in [5.41, 5.74) is 0.637. The molecule has 1 heterocycles. The van der Waals surface area contributed by atoms with Crippen LogP contribution in [0.4, 0.5) is 13.9 Å². The molecule has 0 aliphatic heterocycles. The molecule has 5 nitrogen and oxygen atoms in total. The van der Waals surface area contributed by atoms with Gasteiger partial charge >= 0.3 is 0 Å². The van der Waals surface area contributed by atoms with Gasteiger partial charge < -0.3 is 4.74 Å². The number of benzene rings is 2. The van der Waals surface area contributed by atoms with Gasteiger partial charge in [-0.25, -0.2) is 8.78 Å². The van der Waals surface area contributed by atoms with E-state index in [1.54, 1.807) is 31.2 Å². The zero-order valence-electron chi connectivity index (χ0n) is 13.8. The van der Waals surface area contributed by atoms with E-state index in [-0.39, 0.29) is 16.7 Å². The molecule has 134 valence electrons. The Hall–Kier alpha value is -2.87. The summed E-state index contributed by atoms with van der Waals surface area (Å²) >= 11 is 0.998. The topological polar surface area (TPSA) is 64.1 Å². The van der Waals surface area contributed by atoms with Crippen molar-refractivity contribution in [3.8, 4) is 17.1 Å². The first-order valence-electron chi connectivity index (χ1n) is 7.88. The number of nitrogens with zero attached hydrogens (tertiary/aromatic N) is 2. The molecule has 2 aromatic carbocycles. The van der Waals surface area contributed by atoms with Crippen LogP contribution in [0, 0.1) is 11.6 Å². The molecular weight excluding hydrogens is 360 g/mol. The third-order valence-electron chi connectivity index (χ3n) is 3.53. The van der Waals surface area contributed by atoms with Crippen molar-refractivity contribution in [2.24, 2.45) is 0 Å². The van der Waals surface area contributed by atoms with E-state index in [1.165, 1.54) is 24.3 Å². The van der Waals surface area contributed by atoms with E-state index in [0.717, 1.165) is 11.5 Å². The SMILES string of the molecule is CC[C@H](Oc1ccccc1F)C(=O)Nc1nc(-c2ccc(F)cc2)ns1. The Labute approximate surface area is 152 Å². The first-order chi connectivity index (χ1) is 12.6. The Morgan fingerprint density at radius 3 is 2.62 bits per heavy atom. The van der Waals surface area contributed by atoms with Gasteiger partial charge in [0.1, 0.15) is 5.82 Å². The molecule has 8 heteroatoms. The molecule has 0 bridgehead atoms. The minimum Gasteiger partial charge on any atom is -0.478 e. The molecule has 3 aromatic rings. The maximum Gasteiger partial charge on any atom is 0.267 e. The van der Waals surface area contributed by atoms with Crippen molar-refractivity contribution in [2.75, 3.05) is 5.32 Å². The van der Waals surface area contributed by atoms with Crippen LogP contribution < -0.4 is 10.1 Å². The maximum absolute atomic E-state index is 13.7. The van der Waals surface area contributed by atoms with Gasteiger partial charge in [-0.2, -0.15) is 9.36 Å². The first kappa shape index (κ1) is 17.9. The summed E-state index contributed by atoms with van der Waals surface area (Å²) in [4.78, 5) is 16.6. The number of rotatable bonds is 6. The first-order valence-corrected chi connectivity index (χ1v) is 8.66. The molecule has 0 fully saturated rings. The van der Waals surface area contributed by atoms with Crippen molar-refractivity contribution < 1.29 is 18.3 Å². The highest BCUT2D eigenvalue weighted by Crippen LogP contribution is 2.23. The van der Waals surface area contributed by atoms with Crippen LogP contribution >= 0.6 is 11.5 Å². The number of hydrogen-bond donors (Lipinski definition) is 1. The van der Waals surface area contributed by atoms with Crippen molar-refractivity contribution in [3.05, 3.63) is 60.2 Å². The number of para-hydroxylation sites is 1. The van der Waals surface area contributed by atoms with E-state index in [1.807, 2.05) is 0 Å². The quantitative estimate of drug-likeness (QED) is 0.698. The van der Waals surface area contributed by atoms with Crippen molar-refractivity contribution in [2.45, 2.75) is 19.4 Å². The van der Waals surface area contributed by atoms with E-state index in [4.69, 9.17) is 4.74 Å². The highest BCUT2D eigenvalue weighted by Gasteiger charge is 2.21. The van der Waals surface area contributed by atoms with Gasteiger partial charge in [0.2, 0.25) is 5.13 Å². The normalized spacial score (nSPS) is 11.8. The van der Waals surface area contributed by atoms with Crippen LogP contribution in [-0.2, 0) is 4.79 Å². The molecule has 0 unspecified atom stereocenters. The van der Waals surface area contributed by atoms with E-state index in [0.29, 0.717) is 17.8 Å². The molecule has 0 saturated carbocycles. The maximum atomic E-state index is 13.7. The lowest BCUT2D eigenvalue weighted by atomic mass is 10.2. The Kier molecular flexibility index (Phi) is 5.52. The molecule has 0 aliphatic carbocycles. The smallest absolute Gasteiger partial charge is 0.267 e. The number of nitrogens with one attached hydrogen (secondary N) is 1. The van der Waals surface area contributed by atoms with Crippen molar-refractivity contribution in [1.29, 1.82) is 0 Å². The van der Waals surface area contributed by atoms with Crippen molar-refractivity contribution in [3.63, 3.8) is 0 Å². The fourth-order valence-electron chi connectivity index (χ4n) is 2.19. The summed E-state index contributed by atoms with van der Waals surface area (Å²) < 4.78 is 36.3. The van der Waals surface area contributed by atoms with Gasteiger partial charge in [0.15, 0.2) is 23.5 Å². The highest BCUT2D eigenvalue weighted by molar-refractivity contribution is 7.10. The minimum absolute atomic E-state index is 0.0127. The Bertz CT molecular complexity index is 899. The van der Waals surface area contributed by atoms with E-state index in [2.05, 4.69) is 14.7 Å². The van der Waals surface area contributed by atoms with Gasteiger partial charge in [0, 0.05) is 17.1 Å². The molecule has 1 amide bonds. The molecule has 0 spiro atoms. The number of aromatic nitrogens is 2. The largest absolute Gasteiger partial charge is 0.478 e. The number of halogens is 2. The fourth-order valence-corrected chi connectivity index (χ4v) is 2.78. The van der Waals surface area contributed by atoms with Crippen molar-refractivity contribution in [1.82, 2.24) is 9.36 Å². The van der Waals surface area contributed by atoms with E-state index >= 15 is 0 Å². The fraction of sp³-hybridized carbons (Fsp3) is 0.167. The van der Waals surface area contributed by atoms with Gasteiger partial charge in [-0.15, -0.1) is 0 Å². The van der Waals surface area contributed by atoms with Gasteiger partial charge in [0.25, 0.3) is 5.91 Å². The van der Waals surface area contributed by atoms with Crippen LogP contribution in [-0.4, -0.2) is 21.4 Å². The van der Waals surface area contributed by atoms with Crippen LogP contribution in [0.5, 0.6) is 5.75 Å². The summed E-state index contributed by atoms with van der Waals surface area (Å²) in [7, 11) is 0. The zero-order valence-corrected chi connectivity index (χ0v) is 14.6. The average molecular weight is 375 g/mol. The van der Waals surface area contributed by atoms with Gasteiger partial charge in [-0.3, -0.25) is 10.1 Å². The Balaban J connectivity index is 1.68. The predicted molar refractivity (Wildman–Crippen MR) is 95.0 cm³/mol. The van der Waals surface area contributed by atoms with E-state index in [9.17, 15) is 13.6 Å². The van der Waals surface area contributed by atoms with Gasteiger partial charge in [-0.1, -0.05) is 19.1 Å². The average Bonchev–Trinajstić information content (AvgIpc) is 3.10. The zero-order chi connectivity index (χ0) is 18.5. The molecule has 0 saturated heterocycles. The third-order valence-corrected chi connectivity index (χ3v) is 4.16. The molecular formula is C18H15F2N3O2S. The molecule has 0 radical (unpaired) electrons. The second-order valence-electron chi connectivity index (χ2n) is 5.36. The van der Waals surface area contributed by atoms with Crippen LogP contribution in [0.3, 0.4) is 0 Å². The monoisotopic (exact) mass is 375 g/mol. The van der Waals surface area contributed by atoms with Crippen LogP contribution in [0.2, 0.25) is 0 Å².